The Bertz CT molecular complexity index is 583. The quantitative estimate of drug-likeness (QED) is 0.881. The summed E-state index contributed by atoms with van der Waals surface area (Å²) in [5.74, 6) is 0.578. The van der Waals surface area contributed by atoms with Crippen molar-refractivity contribution < 1.29 is 8.42 Å². The zero-order valence-corrected chi connectivity index (χ0v) is 11.1. The smallest absolute Gasteiger partial charge is 0.154 e. The molecule has 0 unspecified atom stereocenters. The van der Waals surface area contributed by atoms with Crippen LogP contribution in [0, 0.1) is 24.2 Å². The van der Waals surface area contributed by atoms with Crippen LogP contribution in [0.1, 0.15) is 16.7 Å². The minimum absolute atomic E-state index is 0.0705. The molecular formula is C13H16N2O2S. The fourth-order valence-electron chi connectivity index (χ4n) is 2.05. The van der Waals surface area contributed by atoms with Gasteiger partial charge in [0.1, 0.15) is 0 Å². The average molecular weight is 264 g/mol. The second-order valence-electron chi connectivity index (χ2n) is 4.83. The predicted octanol–water partition coefficient (Wildman–Crippen LogP) is 1.00. The normalized spacial score (nSPS) is 16.0. The summed E-state index contributed by atoms with van der Waals surface area (Å²) in [5, 5.41) is 11.8. The maximum absolute atomic E-state index is 12.0. The van der Waals surface area contributed by atoms with Crippen LogP contribution >= 0.6 is 0 Å². The van der Waals surface area contributed by atoms with E-state index in [9.17, 15) is 8.42 Å². The highest BCUT2D eigenvalue weighted by Gasteiger charge is 2.24. The van der Waals surface area contributed by atoms with Gasteiger partial charge in [0.25, 0.3) is 0 Å². The van der Waals surface area contributed by atoms with Crippen LogP contribution in [0.5, 0.6) is 0 Å². The zero-order valence-electron chi connectivity index (χ0n) is 10.3. The van der Waals surface area contributed by atoms with Gasteiger partial charge in [-0.15, -0.1) is 0 Å². The van der Waals surface area contributed by atoms with Gasteiger partial charge in [-0.2, -0.15) is 5.26 Å². The molecule has 1 aliphatic heterocycles. The summed E-state index contributed by atoms with van der Waals surface area (Å²) in [5.41, 5.74) is 2.22. The Hall–Kier alpha value is -1.38. The van der Waals surface area contributed by atoms with Crippen LogP contribution in [0.15, 0.2) is 18.2 Å². The van der Waals surface area contributed by atoms with E-state index in [1.54, 1.807) is 18.2 Å². The van der Waals surface area contributed by atoms with Crippen molar-refractivity contribution in [3.63, 3.8) is 0 Å². The van der Waals surface area contributed by atoms with Gasteiger partial charge in [0.15, 0.2) is 9.84 Å². The highest BCUT2D eigenvalue weighted by molar-refractivity contribution is 7.90. The Balaban J connectivity index is 2.10. The number of rotatable bonds is 4. The maximum Gasteiger partial charge on any atom is 0.154 e. The van der Waals surface area contributed by atoms with Crippen LogP contribution in [0.3, 0.4) is 0 Å². The molecule has 0 atom stereocenters. The van der Waals surface area contributed by atoms with E-state index in [0.717, 1.165) is 24.2 Å². The second kappa shape index (κ2) is 5.09. The summed E-state index contributed by atoms with van der Waals surface area (Å²) in [7, 11) is -3.06. The van der Waals surface area contributed by atoms with Crippen molar-refractivity contribution in [2.45, 2.75) is 12.7 Å². The van der Waals surface area contributed by atoms with Crippen molar-refractivity contribution in [1.82, 2.24) is 5.32 Å². The third-order valence-corrected chi connectivity index (χ3v) is 4.93. The summed E-state index contributed by atoms with van der Waals surface area (Å²) >= 11 is 0. The molecule has 1 aromatic rings. The van der Waals surface area contributed by atoms with Gasteiger partial charge in [0.05, 0.1) is 23.1 Å². The topological polar surface area (TPSA) is 70.0 Å². The lowest BCUT2D eigenvalue weighted by molar-refractivity contribution is 0.378. The molecular weight excluding hydrogens is 248 g/mol. The lowest BCUT2D eigenvalue weighted by Gasteiger charge is -2.26. The van der Waals surface area contributed by atoms with E-state index < -0.39 is 9.84 Å². The van der Waals surface area contributed by atoms with Gasteiger partial charge in [-0.3, -0.25) is 0 Å². The molecule has 1 N–H and O–H groups in total. The molecule has 1 heterocycles. The van der Waals surface area contributed by atoms with Crippen LogP contribution < -0.4 is 5.32 Å². The number of nitrogens with zero attached hydrogens (tertiary/aromatic N) is 1. The predicted molar refractivity (Wildman–Crippen MR) is 69.7 cm³/mol. The summed E-state index contributed by atoms with van der Waals surface area (Å²) < 4.78 is 24.0. The molecule has 0 bridgehead atoms. The molecule has 1 fully saturated rings. The fourth-order valence-corrected chi connectivity index (χ4v) is 3.92. The summed E-state index contributed by atoms with van der Waals surface area (Å²) in [4.78, 5) is 0. The number of hydrogen-bond acceptors (Lipinski definition) is 4. The van der Waals surface area contributed by atoms with Crippen LogP contribution in [-0.4, -0.2) is 27.3 Å². The van der Waals surface area contributed by atoms with E-state index in [0.29, 0.717) is 5.56 Å². The first-order valence-corrected chi connectivity index (χ1v) is 7.73. The monoisotopic (exact) mass is 264 g/mol. The average Bonchev–Trinajstić information content (AvgIpc) is 2.26. The fraction of sp³-hybridized carbons (Fsp3) is 0.462. The Labute approximate surface area is 108 Å². The molecule has 1 aromatic carbocycles. The zero-order chi connectivity index (χ0) is 13.2. The summed E-state index contributed by atoms with van der Waals surface area (Å²) in [6, 6.07) is 7.19. The van der Waals surface area contributed by atoms with Crippen LogP contribution in [0.2, 0.25) is 0 Å². The first-order valence-electron chi connectivity index (χ1n) is 5.91. The number of aryl methyl sites for hydroxylation is 1. The minimum Gasteiger partial charge on any atom is -0.316 e. The van der Waals surface area contributed by atoms with E-state index in [1.807, 2.05) is 6.92 Å². The van der Waals surface area contributed by atoms with Crippen molar-refractivity contribution in [3.8, 4) is 6.07 Å². The van der Waals surface area contributed by atoms with Gasteiger partial charge in [0, 0.05) is 13.1 Å². The molecule has 96 valence electrons. The van der Waals surface area contributed by atoms with Crippen molar-refractivity contribution >= 4 is 9.84 Å². The number of nitriles is 1. The highest BCUT2D eigenvalue weighted by atomic mass is 32.2. The Morgan fingerprint density at radius 3 is 2.67 bits per heavy atom. The first-order chi connectivity index (χ1) is 8.50. The molecule has 0 aliphatic carbocycles. The Kier molecular flexibility index (Phi) is 3.69. The highest BCUT2D eigenvalue weighted by Crippen LogP contribution is 2.17. The standard InChI is InChI=1S/C13H16N2O2S/c1-10-4-11(5-14)2-3-13(10)9-18(16,17)8-12-6-15-7-12/h2-4,12,15H,6-9H2,1H3. The van der Waals surface area contributed by atoms with Crippen molar-refractivity contribution in [2.24, 2.45) is 5.92 Å². The van der Waals surface area contributed by atoms with Gasteiger partial charge in [-0.25, -0.2) is 8.42 Å². The molecule has 1 saturated heterocycles. The molecule has 0 amide bonds. The summed E-state index contributed by atoms with van der Waals surface area (Å²) in [6.07, 6.45) is 0. The molecule has 0 saturated carbocycles. The third kappa shape index (κ3) is 3.09. The Morgan fingerprint density at radius 1 is 1.44 bits per heavy atom. The minimum atomic E-state index is -3.06. The molecule has 2 rings (SSSR count). The molecule has 0 spiro atoms. The van der Waals surface area contributed by atoms with E-state index in [-0.39, 0.29) is 17.4 Å². The van der Waals surface area contributed by atoms with Crippen molar-refractivity contribution in [3.05, 3.63) is 34.9 Å². The Morgan fingerprint density at radius 2 is 2.17 bits per heavy atom. The van der Waals surface area contributed by atoms with Crippen LogP contribution in [0.25, 0.3) is 0 Å². The van der Waals surface area contributed by atoms with E-state index in [2.05, 4.69) is 11.4 Å². The lowest BCUT2D eigenvalue weighted by atomic mass is 10.1. The van der Waals surface area contributed by atoms with E-state index >= 15 is 0 Å². The molecule has 0 radical (unpaired) electrons. The molecule has 1 aliphatic rings. The molecule has 4 nitrogen and oxygen atoms in total. The second-order valence-corrected chi connectivity index (χ2v) is 6.94. The maximum atomic E-state index is 12.0. The molecule has 18 heavy (non-hydrogen) atoms. The number of hydrogen-bond donors (Lipinski definition) is 1. The van der Waals surface area contributed by atoms with Gasteiger partial charge in [-0.05, 0) is 36.1 Å². The van der Waals surface area contributed by atoms with Crippen LogP contribution in [0.4, 0.5) is 0 Å². The van der Waals surface area contributed by atoms with Gasteiger partial charge >= 0.3 is 0 Å². The number of nitrogens with one attached hydrogen (secondary N) is 1. The van der Waals surface area contributed by atoms with Gasteiger partial charge in [-0.1, -0.05) is 6.07 Å². The van der Waals surface area contributed by atoms with Crippen molar-refractivity contribution in [2.75, 3.05) is 18.8 Å². The number of sulfone groups is 1. The van der Waals surface area contributed by atoms with Crippen LogP contribution in [-0.2, 0) is 15.6 Å². The van der Waals surface area contributed by atoms with E-state index in [1.165, 1.54) is 0 Å². The lowest BCUT2D eigenvalue weighted by Crippen LogP contribution is -2.45. The van der Waals surface area contributed by atoms with Crippen molar-refractivity contribution in [1.29, 1.82) is 5.26 Å². The van der Waals surface area contributed by atoms with E-state index in [4.69, 9.17) is 5.26 Å². The summed E-state index contributed by atoms with van der Waals surface area (Å²) in [6.45, 7) is 3.44. The molecule has 5 heteroatoms. The first kappa shape index (κ1) is 13.1. The SMILES string of the molecule is Cc1cc(C#N)ccc1CS(=O)(=O)CC1CNC1. The number of benzene rings is 1. The third-order valence-electron chi connectivity index (χ3n) is 3.20. The van der Waals surface area contributed by atoms with Gasteiger partial charge < -0.3 is 5.32 Å². The van der Waals surface area contributed by atoms with Gasteiger partial charge in [0.2, 0.25) is 0 Å². The largest absolute Gasteiger partial charge is 0.316 e. The molecule has 0 aromatic heterocycles.